The van der Waals surface area contributed by atoms with Crippen molar-refractivity contribution >= 4 is 17.4 Å². The molecule has 1 amide bonds. The molecule has 1 fully saturated rings. The van der Waals surface area contributed by atoms with Gasteiger partial charge in [0.25, 0.3) is 11.7 Å². The van der Waals surface area contributed by atoms with Crippen molar-refractivity contribution < 1.29 is 28.9 Å². The summed E-state index contributed by atoms with van der Waals surface area (Å²) in [7, 11) is 5.37. The minimum absolute atomic E-state index is 0.0516. The molecule has 1 aliphatic rings. The fraction of sp³-hybridized carbons (Fsp3) is 0.484. The van der Waals surface area contributed by atoms with Crippen molar-refractivity contribution in [2.24, 2.45) is 5.92 Å². The Kier molecular flexibility index (Phi) is 10.4. The number of unbranched alkanes of at least 4 members (excludes halogenated alkanes) is 1. The summed E-state index contributed by atoms with van der Waals surface area (Å²) in [5, 5.41) is 11.5. The zero-order valence-electron chi connectivity index (χ0n) is 24.2. The first-order valence-corrected chi connectivity index (χ1v) is 13.6. The molecular weight excluding hydrogens is 496 g/mol. The summed E-state index contributed by atoms with van der Waals surface area (Å²) in [6, 6.07) is 9.90. The number of carbonyl (C=O) groups excluding carboxylic acids is 2. The Balaban J connectivity index is 2.09. The highest BCUT2D eigenvalue weighted by molar-refractivity contribution is 6.46. The van der Waals surface area contributed by atoms with E-state index in [0.29, 0.717) is 60.6 Å². The van der Waals surface area contributed by atoms with Crippen LogP contribution in [0.25, 0.3) is 5.76 Å². The lowest BCUT2D eigenvalue weighted by Gasteiger charge is -2.27. The molecule has 0 radical (unpaired) electrons. The van der Waals surface area contributed by atoms with Crippen molar-refractivity contribution in [3.63, 3.8) is 0 Å². The normalized spacial score (nSPS) is 16.8. The fourth-order valence-electron chi connectivity index (χ4n) is 4.44. The van der Waals surface area contributed by atoms with Gasteiger partial charge in [-0.15, -0.1) is 0 Å². The second-order valence-electron chi connectivity index (χ2n) is 10.6. The van der Waals surface area contributed by atoms with Gasteiger partial charge in [0.1, 0.15) is 11.5 Å². The molecule has 0 aliphatic carbocycles. The minimum Gasteiger partial charge on any atom is -0.507 e. The van der Waals surface area contributed by atoms with Gasteiger partial charge in [0.2, 0.25) is 0 Å². The van der Waals surface area contributed by atoms with E-state index in [0.717, 1.165) is 18.4 Å². The van der Waals surface area contributed by atoms with Gasteiger partial charge >= 0.3 is 0 Å². The van der Waals surface area contributed by atoms with E-state index >= 15 is 0 Å². The monoisotopic (exact) mass is 538 g/mol. The smallest absolute Gasteiger partial charge is 0.295 e. The number of amides is 1. The predicted octanol–water partition coefficient (Wildman–Crippen LogP) is 5.20. The number of methoxy groups -OCH3 is 1. The van der Waals surface area contributed by atoms with Gasteiger partial charge in [0, 0.05) is 18.7 Å². The van der Waals surface area contributed by atoms with Gasteiger partial charge in [-0.05, 0) is 74.8 Å². The molecule has 2 aromatic rings. The molecule has 212 valence electrons. The number of Topliss-reactive ketones (excluding diaryl/α,β-unsaturated/α-hetero) is 1. The van der Waals surface area contributed by atoms with Gasteiger partial charge in [-0.3, -0.25) is 9.59 Å². The number of rotatable bonds is 13. The number of aliphatic hydroxyl groups is 1. The molecule has 1 unspecified atom stereocenters. The van der Waals surface area contributed by atoms with Crippen LogP contribution >= 0.6 is 0 Å². The fourth-order valence-corrected chi connectivity index (χ4v) is 4.44. The molecule has 1 atom stereocenters. The average molecular weight is 539 g/mol. The number of likely N-dealkylation sites (tertiary alicyclic amines) is 1. The first-order valence-electron chi connectivity index (χ1n) is 13.6. The highest BCUT2D eigenvalue weighted by Crippen LogP contribution is 2.42. The summed E-state index contributed by atoms with van der Waals surface area (Å²) >= 11 is 0. The van der Waals surface area contributed by atoms with E-state index in [9.17, 15) is 14.7 Å². The Hall–Kier alpha value is -3.52. The van der Waals surface area contributed by atoms with Crippen molar-refractivity contribution in [2.45, 2.75) is 46.6 Å². The molecule has 39 heavy (non-hydrogen) atoms. The molecule has 1 saturated heterocycles. The third-order valence-electron chi connectivity index (χ3n) is 6.61. The molecule has 1 heterocycles. The van der Waals surface area contributed by atoms with Gasteiger partial charge < -0.3 is 29.1 Å². The van der Waals surface area contributed by atoms with Crippen molar-refractivity contribution in [1.82, 2.24) is 9.80 Å². The van der Waals surface area contributed by atoms with Crippen LogP contribution in [0.5, 0.6) is 17.2 Å². The molecule has 0 bridgehead atoms. The van der Waals surface area contributed by atoms with E-state index in [2.05, 4.69) is 20.8 Å². The Labute approximate surface area is 232 Å². The van der Waals surface area contributed by atoms with Crippen molar-refractivity contribution in [2.75, 3.05) is 47.5 Å². The average Bonchev–Trinajstić information content (AvgIpc) is 3.15. The maximum Gasteiger partial charge on any atom is 0.295 e. The van der Waals surface area contributed by atoms with Crippen LogP contribution in [0.1, 0.15) is 56.3 Å². The molecule has 2 aromatic carbocycles. The summed E-state index contributed by atoms with van der Waals surface area (Å²) in [5.74, 6) is 0.613. The van der Waals surface area contributed by atoms with Crippen molar-refractivity contribution in [3.8, 4) is 17.2 Å². The predicted molar refractivity (Wildman–Crippen MR) is 152 cm³/mol. The highest BCUT2D eigenvalue weighted by Gasteiger charge is 2.46. The summed E-state index contributed by atoms with van der Waals surface area (Å²) in [4.78, 5) is 30.1. The number of ether oxygens (including phenoxy) is 3. The SMILES string of the molecule is CCCCOc1ccc(C2C(=C(O)c3ccc(OCC(C)C)c(C)c3)C(=O)C(=O)N2CCN(C)C)cc1OC. The first kappa shape index (κ1) is 30.0. The first-order chi connectivity index (χ1) is 18.6. The molecule has 1 N–H and O–H groups in total. The van der Waals surface area contributed by atoms with Gasteiger partial charge in [-0.1, -0.05) is 33.3 Å². The van der Waals surface area contributed by atoms with E-state index < -0.39 is 17.7 Å². The second-order valence-corrected chi connectivity index (χ2v) is 10.6. The third kappa shape index (κ3) is 7.12. The van der Waals surface area contributed by atoms with Crippen molar-refractivity contribution in [1.29, 1.82) is 0 Å². The van der Waals surface area contributed by atoms with Gasteiger partial charge in [0.05, 0.1) is 31.9 Å². The summed E-state index contributed by atoms with van der Waals surface area (Å²) < 4.78 is 17.4. The quantitative estimate of drug-likeness (QED) is 0.162. The lowest BCUT2D eigenvalue weighted by Crippen LogP contribution is -2.35. The van der Waals surface area contributed by atoms with Crippen LogP contribution in [0.15, 0.2) is 42.0 Å². The number of likely N-dealkylation sites (N-methyl/N-ethyl adjacent to an activating group) is 1. The Morgan fingerprint density at radius 1 is 1.05 bits per heavy atom. The van der Waals surface area contributed by atoms with E-state index in [1.165, 1.54) is 4.90 Å². The minimum atomic E-state index is -0.777. The molecule has 1 aliphatic heterocycles. The lowest BCUT2D eigenvalue weighted by molar-refractivity contribution is -0.140. The van der Waals surface area contributed by atoms with Crippen LogP contribution in [0.4, 0.5) is 0 Å². The lowest BCUT2D eigenvalue weighted by atomic mass is 9.94. The number of nitrogens with zero attached hydrogens (tertiary/aromatic N) is 2. The van der Waals surface area contributed by atoms with E-state index in [-0.39, 0.29) is 11.3 Å². The maximum atomic E-state index is 13.4. The standard InChI is InChI=1S/C31H42N2O6/c1-8-9-16-38-25-13-10-22(18-26(25)37-7)28-27(30(35)31(36)33(28)15-14-32(5)6)29(34)23-11-12-24(21(4)17-23)39-19-20(2)3/h10-13,17-18,20,28,34H,8-9,14-16,19H2,1-7H3. The topological polar surface area (TPSA) is 88.5 Å². The van der Waals surface area contributed by atoms with Crippen molar-refractivity contribution in [3.05, 3.63) is 58.7 Å². The molecule has 0 spiro atoms. The molecule has 0 saturated carbocycles. The van der Waals surface area contributed by atoms with Crippen LogP contribution in [0, 0.1) is 12.8 Å². The Bertz CT molecular complexity index is 1200. The maximum absolute atomic E-state index is 13.4. The van der Waals surface area contributed by atoms with Crippen LogP contribution < -0.4 is 14.2 Å². The second kappa shape index (κ2) is 13.5. The van der Waals surface area contributed by atoms with Gasteiger partial charge in [-0.25, -0.2) is 0 Å². The van der Waals surface area contributed by atoms with Crippen LogP contribution in [-0.4, -0.2) is 74.1 Å². The third-order valence-corrected chi connectivity index (χ3v) is 6.61. The van der Waals surface area contributed by atoms with Gasteiger partial charge in [0.15, 0.2) is 11.5 Å². The van der Waals surface area contributed by atoms with E-state index in [1.807, 2.05) is 32.0 Å². The van der Waals surface area contributed by atoms with E-state index in [1.54, 1.807) is 37.4 Å². The highest BCUT2D eigenvalue weighted by atomic mass is 16.5. The summed E-state index contributed by atoms with van der Waals surface area (Å²) in [6.45, 7) is 10.1. The van der Waals surface area contributed by atoms with Crippen LogP contribution in [-0.2, 0) is 9.59 Å². The summed E-state index contributed by atoms with van der Waals surface area (Å²) in [5.41, 5.74) is 1.98. The molecule has 0 aromatic heterocycles. The molecule has 8 heteroatoms. The molecule has 8 nitrogen and oxygen atoms in total. The number of aryl methyl sites for hydroxylation is 1. The van der Waals surface area contributed by atoms with Gasteiger partial charge in [-0.2, -0.15) is 0 Å². The number of hydrogen-bond acceptors (Lipinski definition) is 7. The molecular formula is C31H42N2O6. The van der Waals surface area contributed by atoms with E-state index in [4.69, 9.17) is 14.2 Å². The number of carbonyl (C=O) groups is 2. The molecule has 3 rings (SSSR count). The zero-order valence-corrected chi connectivity index (χ0v) is 24.2. The largest absolute Gasteiger partial charge is 0.507 e. The Morgan fingerprint density at radius 2 is 1.77 bits per heavy atom. The number of ketones is 1. The van der Waals surface area contributed by atoms with Crippen LogP contribution in [0.3, 0.4) is 0 Å². The van der Waals surface area contributed by atoms with Crippen LogP contribution in [0.2, 0.25) is 0 Å². The number of hydrogen-bond donors (Lipinski definition) is 1. The zero-order chi connectivity index (χ0) is 28.7. The number of aliphatic hydroxyl groups excluding tert-OH is 1. The Morgan fingerprint density at radius 3 is 2.38 bits per heavy atom. The summed E-state index contributed by atoms with van der Waals surface area (Å²) in [6.07, 6.45) is 1.92. The number of benzene rings is 2.